The Labute approximate surface area is 100.0 Å². The van der Waals surface area contributed by atoms with Crippen LogP contribution in [-0.2, 0) is 5.41 Å². The number of nitrogens with one attached hydrogen (secondary N) is 1. The lowest BCUT2D eigenvalue weighted by Crippen LogP contribution is -2.40. The molecule has 2 heterocycles. The van der Waals surface area contributed by atoms with Crippen LogP contribution in [0.2, 0.25) is 0 Å². The number of alkyl halides is 1. The van der Waals surface area contributed by atoms with Gasteiger partial charge in [0.25, 0.3) is 0 Å². The third-order valence-corrected chi connectivity index (χ3v) is 4.18. The third-order valence-electron chi connectivity index (χ3n) is 4.18. The SMILES string of the molecule is CCC1(c2noc([C@@H]3C[C@@H]3F)n2)CCNCC1. The lowest BCUT2D eigenvalue weighted by atomic mass is 9.76. The standard InChI is InChI=1S/C12H18FN3O/c1-2-12(3-5-14-6-4-12)11-15-10(17-16-11)8-7-9(8)13/h8-9,14H,2-7H2,1H3/t8-,9+/m1/s1. The van der Waals surface area contributed by atoms with E-state index in [0.717, 1.165) is 38.2 Å². The Morgan fingerprint density at radius 1 is 1.47 bits per heavy atom. The van der Waals surface area contributed by atoms with Crippen molar-refractivity contribution in [1.82, 2.24) is 15.5 Å². The van der Waals surface area contributed by atoms with Crippen LogP contribution in [-0.4, -0.2) is 29.4 Å². The molecule has 0 unspecified atom stereocenters. The summed E-state index contributed by atoms with van der Waals surface area (Å²) in [5, 5.41) is 7.44. The van der Waals surface area contributed by atoms with Crippen molar-refractivity contribution in [2.24, 2.45) is 0 Å². The van der Waals surface area contributed by atoms with Crippen molar-refractivity contribution in [3.8, 4) is 0 Å². The molecule has 5 heteroatoms. The maximum atomic E-state index is 13.0. The molecule has 1 saturated heterocycles. The molecule has 2 fully saturated rings. The van der Waals surface area contributed by atoms with Crippen molar-refractivity contribution < 1.29 is 8.91 Å². The van der Waals surface area contributed by atoms with Gasteiger partial charge in [-0.2, -0.15) is 4.98 Å². The molecule has 17 heavy (non-hydrogen) atoms. The highest BCUT2D eigenvalue weighted by molar-refractivity contribution is 5.14. The fourth-order valence-electron chi connectivity index (χ4n) is 2.66. The predicted octanol–water partition coefficient (Wildman–Crippen LogP) is 1.93. The lowest BCUT2D eigenvalue weighted by molar-refractivity contribution is 0.268. The van der Waals surface area contributed by atoms with Crippen molar-refractivity contribution in [3.05, 3.63) is 11.7 Å². The van der Waals surface area contributed by atoms with Crippen LogP contribution in [0.15, 0.2) is 4.52 Å². The summed E-state index contributed by atoms with van der Waals surface area (Å²) in [5.41, 5.74) is 0.0354. The molecule has 0 amide bonds. The molecule has 1 aliphatic carbocycles. The summed E-state index contributed by atoms with van der Waals surface area (Å²) in [6, 6.07) is 0. The van der Waals surface area contributed by atoms with E-state index in [-0.39, 0.29) is 11.3 Å². The summed E-state index contributed by atoms with van der Waals surface area (Å²) in [6.07, 6.45) is 2.85. The number of halogens is 1. The maximum absolute atomic E-state index is 13.0. The van der Waals surface area contributed by atoms with Gasteiger partial charge in [0.1, 0.15) is 6.17 Å². The summed E-state index contributed by atoms with van der Waals surface area (Å²) in [4.78, 5) is 4.44. The van der Waals surface area contributed by atoms with Crippen molar-refractivity contribution in [2.45, 2.75) is 50.1 Å². The second kappa shape index (κ2) is 4.05. The van der Waals surface area contributed by atoms with E-state index in [9.17, 15) is 4.39 Å². The van der Waals surface area contributed by atoms with Gasteiger partial charge in [-0.05, 0) is 38.8 Å². The highest BCUT2D eigenvalue weighted by atomic mass is 19.1. The molecular weight excluding hydrogens is 221 g/mol. The minimum Gasteiger partial charge on any atom is -0.339 e. The van der Waals surface area contributed by atoms with Gasteiger partial charge >= 0.3 is 0 Å². The second-order valence-corrected chi connectivity index (χ2v) is 5.20. The Morgan fingerprint density at radius 2 is 2.18 bits per heavy atom. The Kier molecular flexibility index (Phi) is 2.65. The fraction of sp³-hybridized carbons (Fsp3) is 0.833. The molecule has 4 nitrogen and oxygen atoms in total. The van der Waals surface area contributed by atoms with Gasteiger partial charge in [0, 0.05) is 5.41 Å². The van der Waals surface area contributed by atoms with E-state index in [1.807, 2.05) is 0 Å². The van der Waals surface area contributed by atoms with Crippen molar-refractivity contribution in [2.75, 3.05) is 13.1 Å². The second-order valence-electron chi connectivity index (χ2n) is 5.20. The molecule has 0 bridgehead atoms. The van der Waals surface area contributed by atoms with Gasteiger partial charge in [0.2, 0.25) is 5.89 Å². The third kappa shape index (κ3) is 1.86. The van der Waals surface area contributed by atoms with Gasteiger partial charge < -0.3 is 9.84 Å². The lowest BCUT2D eigenvalue weighted by Gasteiger charge is -2.33. The van der Waals surface area contributed by atoms with Crippen LogP contribution in [0.5, 0.6) is 0 Å². The Balaban J connectivity index is 1.83. The number of aromatic nitrogens is 2. The number of piperidine rings is 1. The molecule has 1 aliphatic heterocycles. The number of hydrogen-bond donors (Lipinski definition) is 1. The zero-order chi connectivity index (χ0) is 11.9. The minimum atomic E-state index is -0.770. The van der Waals surface area contributed by atoms with E-state index in [1.54, 1.807) is 0 Å². The van der Waals surface area contributed by atoms with Gasteiger partial charge in [0.15, 0.2) is 5.82 Å². The van der Waals surface area contributed by atoms with Crippen molar-refractivity contribution in [1.29, 1.82) is 0 Å². The monoisotopic (exact) mass is 239 g/mol. The van der Waals surface area contributed by atoms with E-state index in [4.69, 9.17) is 4.52 Å². The maximum Gasteiger partial charge on any atom is 0.232 e. The minimum absolute atomic E-state index is 0.0354. The largest absolute Gasteiger partial charge is 0.339 e. The predicted molar refractivity (Wildman–Crippen MR) is 60.6 cm³/mol. The van der Waals surface area contributed by atoms with Crippen LogP contribution < -0.4 is 5.32 Å². The summed E-state index contributed by atoms with van der Waals surface area (Å²) in [7, 11) is 0. The van der Waals surface area contributed by atoms with Gasteiger partial charge in [-0.25, -0.2) is 4.39 Å². The molecule has 2 aliphatic rings. The van der Waals surface area contributed by atoms with Crippen LogP contribution in [0.1, 0.15) is 50.2 Å². The first-order chi connectivity index (χ1) is 8.25. The smallest absolute Gasteiger partial charge is 0.232 e. The quantitative estimate of drug-likeness (QED) is 0.875. The fourth-order valence-corrected chi connectivity index (χ4v) is 2.66. The Bertz CT molecular complexity index is 400. The van der Waals surface area contributed by atoms with E-state index in [0.29, 0.717) is 12.3 Å². The van der Waals surface area contributed by atoms with E-state index < -0.39 is 6.17 Å². The van der Waals surface area contributed by atoms with Crippen LogP contribution >= 0.6 is 0 Å². The molecule has 0 aromatic carbocycles. The summed E-state index contributed by atoms with van der Waals surface area (Å²) in [6.45, 7) is 4.15. The number of hydrogen-bond acceptors (Lipinski definition) is 4. The average Bonchev–Trinajstić information content (AvgIpc) is 2.92. The van der Waals surface area contributed by atoms with Gasteiger partial charge in [-0.3, -0.25) is 0 Å². The first kappa shape index (κ1) is 11.1. The van der Waals surface area contributed by atoms with Crippen molar-refractivity contribution >= 4 is 0 Å². The zero-order valence-corrected chi connectivity index (χ0v) is 10.1. The van der Waals surface area contributed by atoms with E-state index in [1.165, 1.54) is 0 Å². The normalized spacial score (nSPS) is 31.4. The molecule has 1 aromatic rings. The Hall–Kier alpha value is -0.970. The number of rotatable bonds is 3. The van der Waals surface area contributed by atoms with Crippen LogP contribution in [0.3, 0.4) is 0 Å². The van der Waals surface area contributed by atoms with Gasteiger partial charge in [-0.15, -0.1) is 0 Å². The van der Waals surface area contributed by atoms with Crippen LogP contribution in [0.25, 0.3) is 0 Å². The molecule has 1 N–H and O–H groups in total. The molecule has 1 aromatic heterocycles. The van der Waals surface area contributed by atoms with Gasteiger partial charge in [-0.1, -0.05) is 12.1 Å². The molecule has 0 spiro atoms. The highest BCUT2D eigenvalue weighted by Crippen LogP contribution is 2.44. The molecule has 1 saturated carbocycles. The molecule has 0 radical (unpaired) electrons. The van der Waals surface area contributed by atoms with Crippen LogP contribution in [0, 0.1) is 0 Å². The summed E-state index contributed by atoms with van der Waals surface area (Å²) in [5.74, 6) is 1.15. The van der Waals surface area contributed by atoms with E-state index >= 15 is 0 Å². The van der Waals surface area contributed by atoms with Crippen LogP contribution in [0.4, 0.5) is 4.39 Å². The Morgan fingerprint density at radius 3 is 2.76 bits per heavy atom. The molecule has 2 atom stereocenters. The summed E-state index contributed by atoms with van der Waals surface area (Å²) >= 11 is 0. The topological polar surface area (TPSA) is 51.0 Å². The first-order valence-electron chi connectivity index (χ1n) is 6.44. The van der Waals surface area contributed by atoms with Gasteiger partial charge in [0.05, 0.1) is 5.92 Å². The average molecular weight is 239 g/mol. The first-order valence-corrected chi connectivity index (χ1v) is 6.44. The molecule has 3 rings (SSSR count). The highest BCUT2D eigenvalue weighted by Gasteiger charge is 2.45. The zero-order valence-electron chi connectivity index (χ0n) is 10.1. The molecular formula is C12H18FN3O. The van der Waals surface area contributed by atoms with E-state index in [2.05, 4.69) is 22.4 Å². The number of nitrogens with zero attached hydrogens (tertiary/aromatic N) is 2. The molecule has 94 valence electrons. The van der Waals surface area contributed by atoms with Crippen molar-refractivity contribution in [3.63, 3.8) is 0 Å². The summed E-state index contributed by atoms with van der Waals surface area (Å²) < 4.78 is 18.2.